The number of nitrogens with zero attached hydrogens (tertiary/aromatic N) is 1. The molecule has 0 aliphatic rings. The van der Waals surface area contributed by atoms with Crippen molar-refractivity contribution in [2.24, 2.45) is 5.92 Å². The summed E-state index contributed by atoms with van der Waals surface area (Å²) >= 11 is 6.05. The summed E-state index contributed by atoms with van der Waals surface area (Å²) in [5, 5.41) is 13.0. The zero-order chi connectivity index (χ0) is 12.0. The van der Waals surface area contributed by atoms with Gasteiger partial charge in [-0.15, -0.1) is 0 Å². The van der Waals surface area contributed by atoms with Crippen LogP contribution in [0, 0.1) is 17.2 Å². The Balaban J connectivity index is 2.62. The van der Waals surface area contributed by atoms with Crippen LogP contribution in [-0.4, -0.2) is 6.54 Å². The normalized spacial score (nSPS) is 12.4. The molecule has 1 rings (SSSR count). The molecule has 1 N–H and O–H groups in total. The van der Waals surface area contributed by atoms with E-state index in [1.807, 2.05) is 24.3 Å². The highest BCUT2D eigenvalue weighted by molar-refractivity contribution is 6.31. The summed E-state index contributed by atoms with van der Waals surface area (Å²) in [6.45, 7) is 5.16. The van der Waals surface area contributed by atoms with E-state index in [2.05, 4.69) is 25.2 Å². The van der Waals surface area contributed by atoms with Crippen molar-refractivity contribution in [2.75, 3.05) is 6.54 Å². The van der Waals surface area contributed by atoms with E-state index in [-0.39, 0.29) is 6.04 Å². The molecule has 0 radical (unpaired) electrons. The lowest BCUT2D eigenvalue weighted by Gasteiger charge is -2.14. The third-order valence-electron chi connectivity index (χ3n) is 2.42. The van der Waals surface area contributed by atoms with E-state index in [1.165, 1.54) is 0 Å². The van der Waals surface area contributed by atoms with Crippen molar-refractivity contribution in [3.63, 3.8) is 0 Å². The van der Waals surface area contributed by atoms with E-state index in [1.54, 1.807) is 0 Å². The molecule has 0 aliphatic heterocycles. The molecule has 0 spiro atoms. The molecule has 0 aliphatic carbocycles. The first-order chi connectivity index (χ1) is 7.65. The standard InChI is InChI=1S/C13H17ClN2/c1-10(2)7-8-16-13(9-15)11-5-3-4-6-12(11)14/h3-6,10,13,16H,7-8H2,1-2H3. The van der Waals surface area contributed by atoms with Crippen LogP contribution in [0.3, 0.4) is 0 Å². The summed E-state index contributed by atoms with van der Waals surface area (Å²) in [5.74, 6) is 0.637. The van der Waals surface area contributed by atoms with E-state index >= 15 is 0 Å². The molecule has 0 amide bonds. The zero-order valence-corrected chi connectivity index (χ0v) is 10.5. The molecule has 0 saturated carbocycles. The molecule has 1 aromatic rings. The molecular formula is C13H17ClN2. The number of rotatable bonds is 5. The molecule has 1 atom stereocenters. The molecule has 0 fully saturated rings. The lowest BCUT2D eigenvalue weighted by molar-refractivity contribution is 0.519. The van der Waals surface area contributed by atoms with E-state index in [0.717, 1.165) is 18.5 Å². The Morgan fingerprint density at radius 1 is 1.38 bits per heavy atom. The van der Waals surface area contributed by atoms with Crippen LogP contribution in [0.5, 0.6) is 0 Å². The maximum atomic E-state index is 9.10. The Hall–Kier alpha value is -1.04. The van der Waals surface area contributed by atoms with Gasteiger partial charge in [-0.3, -0.25) is 5.32 Å². The minimum Gasteiger partial charge on any atom is -0.298 e. The van der Waals surface area contributed by atoms with Gasteiger partial charge in [0, 0.05) is 10.6 Å². The highest BCUT2D eigenvalue weighted by Crippen LogP contribution is 2.22. The van der Waals surface area contributed by atoms with Gasteiger partial charge in [0.2, 0.25) is 0 Å². The van der Waals surface area contributed by atoms with Crippen LogP contribution >= 0.6 is 11.6 Å². The summed E-state index contributed by atoms with van der Waals surface area (Å²) in [7, 11) is 0. The predicted molar refractivity (Wildman–Crippen MR) is 67.3 cm³/mol. The second kappa shape index (κ2) is 6.52. The van der Waals surface area contributed by atoms with Gasteiger partial charge in [0.1, 0.15) is 6.04 Å². The van der Waals surface area contributed by atoms with E-state index in [9.17, 15) is 0 Å². The van der Waals surface area contributed by atoms with Crippen molar-refractivity contribution < 1.29 is 0 Å². The average molecular weight is 237 g/mol. The zero-order valence-electron chi connectivity index (χ0n) is 9.70. The number of halogens is 1. The lowest BCUT2D eigenvalue weighted by atomic mass is 10.1. The van der Waals surface area contributed by atoms with Gasteiger partial charge >= 0.3 is 0 Å². The van der Waals surface area contributed by atoms with Gasteiger partial charge in [-0.05, 0) is 24.9 Å². The number of nitrogens with one attached hydrogen (secondary N) is 1. The minimum atomic E-state index is -0.313. The molecule has 1 aromatic carbocycles. The number of hydrogen-bond acceptors (Lipinski definition) is 2. The summed E-state index contributed by atoms with van der Waals surface area (Å²) in [6.07, 6.45) is 1.06. The summed E-state index contributed by atoms with van der Waals surface area (Å²) < 4.78 is 0. The topological polar surface area (TPSA) is 35.8 Å². The molecule has 0 heterocycles. The molecule has 3 heteroatoms. The molecule has 0 saturated heterocycles. The molecule has 0 aromatic heterocycles. The quantitative estimate of drug-likeness (QED) is 0.849. The van der Waals surface area contributed by atoms with Crippen molar-refractivity contribution in [3.8, 4) is 6.07 Å². The first kappa shape index (κ1) is 13.0. The fourth-order valence-corrected chi connectivity index (χ4v) is 1.70. The van der Waals surface area contributed by atoms with Crippen molar-refractivity contribution in [1.82, 2.24) is 5.32 Å². The van der Waals surface area contributed by atoms with E-state index in [0.29, 0.717) is 10.9 Å². The first-order valence-electron chi connectivity index (χ1n) is 5.52. The van der Waals surface area contributed by atoms with Crippen LogP contribution in [0.1, 0.15) is 31.9 Å². The molecule has 1 unspecified atom stereocenters. The van der Waals surface area contributed by atoms with E-state index in [4.69, 9.17) is 16.9 Å². The Bertz CT molecular complexity index is 368. The van der Waals surface area contributed by atoms with Crippen molar-refractivity contribution >= 4 is 11.6 Å². The first-order valence-corrected chi connectivity index (χ1v) is 5.90. The van der Waals surface area contributed by atoms with Crippen LogP contribution in [0.2, 0.25) is 5.02 Å². The Kier molecular flexibility index (Phi) is 5.31. The van der Waals surface area contributed by atoms with Crippen LogP contribution in [0.15, 0.2) is 24.3 Å². The Labute approximate surface area is 102 Å². The maximum absolute atomic E-state index is 9.10. The van der Waals surface area contributed by atoms with Gasteiger partial charge in [-0.2, -0.15) is 5.26 Å². The third-order valence-corrected chi connectivity index (χ3v) is 2.76. The van der Waals surface area contributed by atoms with Crippen molar-refractivity contribution in [2.45, 2.75) is 26.3 Å². The highest BCUT2D eigenvalue weighted by Gasteiger charge is 2.12. The monoisotopic (exact) mass is 236 g/mol. The minimum absolute atomic E-state index is 0.313. The van der Waals surface area contributed by atoms with Crippen molar-refractivity contribution in [3.05, 3.63) is 34.9 Å². The van der Waals surface area contributed by atoms with Gasteiger partial charge in [-0.25, -0.2) is 0 Å². The molecule has 86 valence electrons. The van der Waals surface area contributed by atoms with Gasteiger partial charge < -0.3 is 0 Å². The van der Waals surface area contributed by atoms with Crippen LogP contribution in [-0.2, 0) is 0 Å². The fraction of sp³-hybridized carbons (Fsp3) is 0.462. The summed E-state index contributed by atoms with van der Waals surface area (Å²) in [6, 6.07) is 9.39. The summed E-state index contributed by atoms with van der Waals surface area (Å²) in [4.78, 5) is 0. The molecule has 2 nitrogen and oxygen atoms in total. The molecular weight excluding hydrogens is 220 g/mol. The van der Waals surface area contributed by atoms with Gasteiger partial charge in [0.25, 0.3) is 0 Å². The SMILES string of the molecule is CC(C)CCNC(C#N)c1ccccc1Cl. The van der Waals surface area contributed by atoms with Gasteiger partial charge in [0.15, 0.2) is 0 Å². The van der Waals surface area contributed by atoms with Crippen LogP contribution in [0.4, 0.5) is 0 Å². The second-order valence-corrected chi connectivity index (χ2v) is 4.63. The second-order valence-electron chi connectivity index (χ2n) is 4.22. The fourth-order valence-electron chi connectivity index (χ4n) is 1.45. The number of nitriles is 1. The van der Waals surface area contributed by atoms with Gasteiger partial charge in [-0.1, -0.05) is 43.6 Å². The molecule has 0 bridgehead atoms. The number of benzene rings is 1. The Morgan fingerprint density at radius 2 is 2.06 bits per heavy atom. The third kappa shape index (κ3) is 3.84. The highest BCUT2D eigenvalue weighted by atomic mass is 35.5. The van der Waals surface area contributed by atoms with Crippen LogP contribution < -0.4 is 5.32 Å². The van der Waals surface area contributed by atoms with Crippen molar-refractivity contribution in [1.29, 1.82) is 5.26 Å². The average Bonchev–Trinajstić information content (AvgIpc) is 2.25. The molecule has 16 heavy (non-hydrogen) atoms. The largest absolute Gasteiger partial charge is 0.298 e. The van der Waals surface area contributed by atoms with E-state index < -0.39 is 0 Å². The lowest BCUT2D eigenvalue weighted by Crippen LogP contribution is -2.22. The predicted octanol–water partition coefficient (Wildman–Crippen LogP) is 3.54. The van der Waals surface area contributed by atoms with Gasteiger partial charge in [0.05, 0.1) is 6.07 Å². The van der Waals surface area contributed by atoms with Crippen LogP contribution in [0.25, 0.3) is 0 Å². The Morgan fingerprint density at radius 3 is 2.62 bits per heavy atom. The number of hydrogen-bond donors (Lipinski definition) is 1. The maximum Gasteiger partial charge on any atom is 0.122 e. The smallest absolute Gasteiger partial charge is 0.122 e. The summed E-state index contributed by atoms with van der Waals surface area (Å²) in [5.41, 5.74) is 0.857.